The van der Waals surface area contributed by atoms with Gasteiger partial charge in [0.1, 0.15) is 17.8 Å². The van der Waals surface area contributed by atoms with Crippen LogP contribution in [-0.2, 0) is 9.53 Å². The molecule has 1 amide bonds. The average molecular weight is 467 g/mol. The van der Waals surface area contributed by atoms with Crippen molar-refractivity contribution in [2.24, 2.45) is 4.99 Å². The number of amides is 1. The van der Waals surface area contributed by atoms with Crippen molar-refractivity contribution in [2.75, 3.05) is 16.4 Å². The highest BCUT2D eigenvalue weighted by Crippen LogP contribution is 2.50. The van der Waals surface area contributed by atoms with E-state index in [0.717, 1.165) is 19.3 Å². The normalized spacial score (nSPS) is 28.9. The molecule has 1 aromatic carbocycles. The summed E-state index contributed by atoms with van der Waals surface area (Å²) in [6.07, 6.45) is 7.53. The van der Waals surface area contributed by atoms with E-state index < -0.39 is 17.8 Å². The van der Waals surface area contributed by atoms with E-state index in [9.17, 15) is 10.1 Å². The highest BCUT2D eigenvalue weighted by Gasteiger charge is 2.54. The quantitative estimate of drug-likeness (QED) is 0.670. The van der Waals surface area contributed by atoms with Crippen molar-refractivity contribution in [1.82, 2.24) is 10.1 Å². The molecule has 33 heavy (non-hydrogen) atoms. The molecule has 4 aliphatic rings. The zero-order valence-electron chi connectivity index (χ0n) is 18.2. The third-order valence-electron chi connectivity index (χ3n) is 7.24. The predicted octanol–water partition coefficient (Wildman–Crippen LogP) is 4.08. The zero-order chi connectivity index (χ0) is 22.7. The number of hydrogen-bond acceptors (Lipinski definition) is 8. The van der Waals surface area contributed by atoms with Crippen molar-refractivity contribution < 1.29 is 14.1 Å². The first-order valence-electron chi connectivity index (χ1n) is 11.4. The second-order valence-corrected chi connectivity index (χ2v) is 9.64. The van der Waals surface area contributed by atoms with E-state index in [2.05, 4.69) is 21.2 Å². The molecule has 0 N–H and O–H groups in total. The monoisotopic (exact) mass is 466 g/mol. The number of rotatable bonds is 3. The Morgan fingerprint density at radius 1 is 1.27 bits per heavy atom. The van der Waals surface area contributed by atoms with Gasteiger partial charge in [-0.3, -0.25) is 14.7 Å². The maximum Gasteiger partial charge on any atom is 0.255 e. The van der Waals surface area contributed by atoms with Gasteiger partial charge in [-0.15, -0.1) is 0 Å². The average Bonchev–Trinajstić information content (AvgIpc) is 3.59. The molecule has 1 saturated carbocycles. The molecule has 6 rings (SSSR count). The lowest BCUT2D eigenvalue weighted by molar-refractivity contribution is -0.125. The lowest BCUT2D eigenvalue weighted by atomic mass is 9.95. The Morgan fingerprint density at radius 2 is 2.09 bits per heavy atom. The van der Waals surface area contributed by atoms with E-state index in [4.69, 9.17) is 20.9 Å². The second kappa shape index (κ2) is 7.54. The Bertz CT molecular complexity index is 1190. The van der Waals surface area contributed by atoms with Gasteiger partial charge in [-0.2, -0.15) is 10.2 Å². The molecule has 1 aliphatic carbocycles. The van der Waals surface area contributed by atoms with Gasteiger partial charge in [0.2, 0.25) is 0 Å². The Labute approximate surface area is 196 Å². The maximum atomic E-state index is 14.1. The van der Waals surface area contributed by atoms with Crippen LogP contribution < -0.4 is 9.80 Å². The molecule has 2 aromatic rings. The van der Waals surface area contributed by atoms with Gasteiger partial charge in [-0.05, 0) is 44.7 Å². The molecule has 170 valence electrons. The van der Waals surface area contributed by atoms with Gasteiger partial charge in [0.05, 0.1) is 28.3 Å². The fourth-order valence-electron chi connectivity index (χ4n) is 5.58. The van der Waals surface area contributed by atoms with Crippen LogP contribution in [0.3, 0.4) is 0 Å². The Morgan fingerprint density at radius 3 is 2.82 bits per heavy atom. The number of aromatic nitrogens is 2. The molecule has 3 atom stereocenters. The summed E-state index contributed by atoms with van der Waals surface area (Å²) in [6, 6.07) is 4.33. The third-order valence-corrected chi connectivity index (χ3v) is 7.56. The fraction of sp³-hybridized carbons (Fsp3) is 0.522. The molecule has 1 saturated heterocycles. The smallest absolute Gasteiger partial charge is 0.255 e. The van der Waals surface area contributed by atoms with Gasteiger partial charge in [0.25, 0.3) is 11.8 Å². The topological polar surface area (TPSA) is 108 Å². The van der Waals surface area contributed by atoms with Crippen molar-refractivity contribution in [1.29, 1.82) is 5.26 Å². The van der Waals surface area contributed by atoms with Crippen LogP contribution in [0.2, 0.25) is 5.02 Å². The van der Waals surface area contributed by atoms with Crippen molar-refractivity contribution in [3.05, 3.63) is 34.4 Å². The van der Waals surface area contributed by atoms with Crippen molar-refractivity contribution >= 4 is 35.2 Å². The first kappa shape index (κ1) is 20.6. The SMILES string of the molecule is CC1(N2C(=O)C3C(c4nc(C5CCCC5)no4)N=CN3c3ccc(Cl)c(C#N)c32)CCCO1. The van der Waals surface area contributed by atoms with Gasteiger partial charge in [0.15, 0.2) is 11.9 Å². The number of carbonyl (C=O) groups is 1. The summed E-state index contributed by atoms with van der Waals surface area (Å²) in [7, 11) is 0. The van der Waals surface area contributed by atoms with Crippen molar-refractivity contribution in [2.45, 2.75) is 69.2 Å². The summed E-state index contributed by atoms with van der Waals surface area (Å²) in [5.41, 5.74) is 0.500. The van der Waals surface area contributed by atoms with Gasteiger partial charge in [-0.25, -0.2) is 0 Å². The molecule has 1 aromatic heterocycles. The van der Waals surface area contributed by atoms with Crippen LogP contribution in [0.5, 0.6) is 0 Å². The third kappa shape index (κ3) is 3.01. The number of ether oxygens (including phenoxy) is 1. The van der Waals surface area contributed by atoms with Crippen LogP contribution in [-0.4, -0.2) is 40.8 Å². The molecule has 9 nitrogen and oxygen atoms in total. The van der Waals surface area contributed by atoms with E-state index in [1.165, 1.54) is 12.8 Å². The molecular formula is C23H23ClN6O3. The number of fused-ring (bicyclic) bond motifs is 3. The lowest BCUT2D eigenvalue weighted by Crippen LogP contribution is -2.60. The first-order valence-corrected chi connectivity index (χ1v) is 11.8. The van der Waals surface area contributed by atoms with Crippen LogP contribution in [0.4, 0.5) is 11.4 Å². The minimum absolute atomic E-state index is 0.228. The molecule has 10 heteroatoms. The largest absolute Gasteiger partial charge is 0.355 e. The van der Waals surface area contributed by atoms with E-state index in [1.807, 2.05) is 13.0 Å². The molecule has 3 aliphatic heterocycles. The van der Waals surface area contributed by atoms with Crippen LogP contribution in [0.25, 0.3) is 0 Å². The van der Waals surface area contributed by atoms with Crippen LogP contribution >= 0.6 is 11.6 Å². The summed E-state index contributed by atoms with van der Waals surface area (Å²) in [5.74, 6) is 1.11. The standard InChI is InChI=1S/C23H23ClN6O3/c1-23(9-4-10-32-23)30-18-14(11-25)15(24)7-8-16(18)29-12-26-17(19(29)22(30)31)21-27-20(28-33-21)13-5-2-3-6-13/h7-8,12-13,17,19H,2-6,9-10H2,1H3. The Balaban J connectivity index is 1.45. The lowest BCUT2D eigenvalue weighted by Gasteiger charge is -2.46. The van der Waals surface area contributed by atoms with E-state index in [-0.39, 0.29) is 11.5 Å². The number of hydrogen-bond donors (Lipinski definition) is 0. The number of benzene rings is 1. The fourth-order valence-corrected chi connectivity index (χ4v) is 5.78. The zero-order valence-corrected chi connectivity index (χ0v) is 19.0. The highest BCUT2D eigenvalue weighted by atomic mass is 35.5. The molecule has 0 bridgehead atoms. The van der Waals surface area contributed by atoms with Gasteiger partial charge < -0.3 is 14.2 Å². The maximum absolute atomic E-state index is 14.1. The number of aliphatic imine (C=N–C) groups is 1. The van der Waals surface area contributed by atoms with Gasteiger partial charge >= 0.3 is 0 Å². The molecule has 0 spiro atoms. The molecule has 2 fully saturated rings. The number of carbonyl (C=O) groups excluding carboxylic acids is 1. The van der Waals surface area contributed by atoms with Crippen LogP contribution in [0, 0.1) is 11.3 Å². The predicted molar refractivity (Wildman–Crippen MR) is 120 cm³/mol. The van der Waals surface area contributed by atoms with E-state index >= 15 is 0 Å². The molecular weight excluding hydrogens is 444 g/mol. The molecule has 4 heterocycles. The number of halogens is 1. The van der Waals surface area contributed by atoms with Crippen molar-refractivity contribution in [3.8, 4) is 6.07 Å². The summed E-state index contributed by atoms with van der Waals surface area (Å²) >= 11 is 6.37. The minimum atomic E-state index is -0.884. The Hall–Kier alpha value is -2.96. The summed E-state index contributed by atoms with van der Waals surface area (Å²) in [4.78, 5) is 26.7. The molecule has 3 unspecified atom stereocenters. The van der Waals surface area contributed by atoms with Crippen LogP contribution in [0.15, 0.2) is 21.6 Å². The van der Waals surface area contributed by atoms with Gasteiger partial charge in [-0.1, -0.05) is 29.6 Å². The summed E-state index contributed by atoms with van der Waals surface area (Å²) < 4.78 is 11.7. The Kier molecular flexibility index (Phi) is 4.71. The number of nitrogens with zero attached hydrogens (tertiary/aromatic N) is 6. The summed E-state index contributed by atoms with van der Waals surface area (Å²) in [6.45, 7) is 2.43. The van der Waals surface area contributed by atoms with Gasteiger partial charge in [0, 0.05) is 12.5 Å². The summed E-state index contributed by atoms with van der Waals surface area (Å²) in [5, 5.41) is 14.4. The number of nitriles is 1. The molecule has 0 radical (unpaired) electrons. The van der Waals surface area contributed by atoms with E-state index in [0.29, 0.717) is 47.1 Å². The first-order chi connectivity index (χ1) is 16.0. The number of anilines is 2. The van der Waals surface area contributed by atoms with Crippen LogP contribution in [0.1, 0.15) is 74.7 Å². The minimum Gasteiger partial charge on any atom is -0.355 e. The van der Waals surface area contributed by atoms with Crippen molar-refractivity contribution in [3.63, 3.8) is 0 Å². The van der Waals surface area contributed by atoms with E-state index in [1.54, 1.807) is 22.2 Å². The second-order valence-electron chi connectivity index (χ2n) is 9.24. The highest BCUT2D eigenvalue weighted by molar-refractivity contribution is 6.33.